The molecular formula is C23H18N4O6S. The number of methoxy groups -OCH3 is 1. The minimum absolute atomic E-state index is 0.00615. The van der Waals surface area contributed by atoms with Gasteiger partial charge in [0, 0.05) is 24.7 Å². The van der Waals surface area contributed by atoms with Crippen LogP contribution in [0, 0.1) is 10.1 Å². The van der Waals surface area contributed by atoms with E-state index in [2.05, 4.69) is 15.6 Å². The van der Waals surface area contributed by atoms with Gasteiger partial charge in [0.25, 0.3) is 11.6 Å². The van der Waals surface area contributed by atoms with Crippen LogP contribution in [-0.2, 0) is 4.79 Å². The van der Waals surface area contributed by atoms with E-state index in [0.29, 0.717) is 27.8 Å². The van der Waals surface area contributed by atoms with Gasteiger partial charge in [0.2, 0.25) is 5.91 Å². The van der Waals surface area contributed by atoms with Gasteiger partial charge in [-0.25, -0.2) is 4.98 Å². The second-order valence-corrected chi connectivity index (χ2v) is 8.08. The maximum absolute atomic E-state index is 13.1. The van der Waals surface area contributed by atoms with Gasteiger partial charge in [0.05, 0.1) is 27.8 Å². The van der Waals surface area contributed by atoms with Crippen molar-refractivity contribution in [1.82, 2.24) is 4.98 Å². The van der Waals surface area contributed by atoms with Gasteiger partial charge < -0.3 is 20.1 Å². The first-order valence-electron chi connectivity index (χ1n) is 9.92. The molecule has 2 amide bonds. The molecule has 0 spiro atoms. The number of nitro benzene ring substituents is 1. The van der Waals surface area contributed by atoms with Gasteiger partial charge in [-0.05, 0) is 48.5 Å². The van der Waals surface area contributed by atoms with Crippen molar-refractivity contribution in [3.8, 4) is 17.2 Å². The summed E-state index contributed by atoms with van der Waals surface area (Å²) in [5.74, 6) is 0.398. The number of thiazole rings is 1. The van der Waals surface area contributed by atoms with E-state index in [0.717, 1.165) is 10.8 Å². The number of carbonyl (C=O) groups is 2. The monoisotopic (exact) mass is 478 g/mol. The molecule has 0 aliphatic heterocycles. The zero-order valence-electron chi connectivity index (χ0n) is 18.0. The molecule has 172 valence electrons. The van der Waals surface area contributed by atoms with Gasteiger partial charge in [-0.1, -0.05) is 11.3 Å². The molecule has 0 unspecified atom stereocenters. The van der Waals surface area contributed by atoms with Crippen LogP contribution >= 0.6 is 11.3 Å². The lowest BCUT2D eigenvalue weighted by Gasteiger charge is -2.12. The second-order valence-electron chi connectivity index (χ2n) is 7.05. The molecule has 0 atom stereocenters. The number of hydrogen-bond acceptors (Lipinski definition) is 8. The summed E-state index contributed by atoms with van der Waals surface area (Å²) in [4.78, 5) is 39.4. The van der Waals surface area contributed by atoms with Crippen molar-refractivity contribution in [3.63, 3.8) is 0 Å². The van der Waals surface area contributed by atoms with Crippen molar-refractivity contribution in [3.05, 3.63) is 76.3 Å². The maximum Gasteiger partial charge on any atom is 0.270 e. The normalized spacial score (nSPS) is 10.5. The zero-order valence-corrected chi connectivity index (χ0v) is 18.8. The summed E-state index contributed by atoms with van der Waals surface area (Å²) >= 11 is 1.26. The molecule has 11 heteroatoms. The van der Waals surface area contributed by atoms with E-state index < -0.39 is 10.8 Å². The molecule has 0 saturated carbocycles. The minimum Gasteiger partial charge on any atom is -0.497 e. The first-order chi connectivity index (χ1) is 16.3. The van der Waals surface area contributed by atoms with Gasteiger partial charge in [0.1, 0.15) is 17.2 Å². The van der Waals surface area contributed by atoms with Gasteiger partial charge in [-0.2, -0.15) is 0 Å². The number of fused-ring (bicyclic) bond motifs is 1. The minimum atomic E-state index is -0.585. The molecule has 10 nitrogen and oxygen atoms in total. The highest BCUT2D eigenvalue weighted by atomic mass is 32.1. The Morgan fingerprint density at radius 2 is 1.74 bits per heavy atom. The fourth-order valence-electron chi connectivity index (χ4n) is 3.07. The summed E-state index contributed by atoms with van der Waals surface area (Å²) in [6, 6.07) is 15.6. The highest BCUT2D eigenvalue weighted by Gasteiger charge is 2.19. The van der Waals surface area contributed by atoms with E-state index >= 15 is 0 Å². The molecular weight excluding hydrogens is 460 g/mol. The summed E-state index contributed by atoms with van der Waals surface area (Å²) < 4.78 is 11.7. The van der Waals surface area contributed by atoms with E-state index in [4.69, 9.17) is 9.47 Å². The van der Waals surface area contributed by atoms with Crippen LogP contribution in [0.1, 0.15) is 17.3 Å². The fourth-order valence-corrected chi connectivity index (χ4v) is 4.02. The Bertz CT molecular complexity index is 1400. The Balaban J connectivity index is 1.62. The van der Waals surface area contributed by atoms with E-state index in [1.54, 1.807) is 49.6 Å². The lowest BCUT2D eigenvalue weighted by atomic mass is 10.1. The number of carbonyl (C=O) groups excluding carboxylic acids is 2. The third kappa shape index (κ3) is 5.10. The zero-order chi connectivity index (χ0) is 24.2. The molecule has 1 aromatic heterocycles. The fraction of sp³-hybridized carbons (Fsp3) is 0.0870. The molecule has 0 fully saturated rings. The van der Waals surface area contributed by atoms with Gasteiger partial charge in [-0.3, -0.25) is 19.7 Å². The van der Waals surface area contributed by atoms with E-state index in [1.807, 2.05) is 0 Å². The average molecular weight is 478 g/mol. The quantitative estimate of drug-likeness (QED) is 0.275. The molecule has 0 aliphatic rings. The SMILES string of the molecule is COc1ccc(Oc2ccc([N+](=O)[O-])cc2C(=O)Nc2ccc3nc(NC(C)=O)sc3c2)cc1. The van der Waals surface area contributed by atoms with Crippen molar-refractivity contribution in [2.24, 2.45) is 0 Å². The topological polar surface area (TPSA) is 133 Å². The number of aromatic nitrogens is 1. The first-order valence-corrected chi connectivity index (χ1v) is 10.7. The van der Waals surface area contributed by atoms with E-state index in [1.165, 1.54) is 30.4 Å². The summed E-state index contributed by atoms with van der Waals surface area (Å²) in [5.41, 5.74) is 0.862. The summed E-state index contributed by atoms with van der Waals surface area (Å²) in [6.45, 7) is 1.39. The van der Waals surface area contributed by atoms with Crippen molar-refractivity contribution in [2.45, 2.75) is 6.92 Å². The van der Waals surface area contributed by atoms with E-state index in [-0.39, 0.29) is 22.9 Å². The van der Waals surface area contributed by atoms with Crippen molar-refractivity contribution < 1.29 is 24.0 Å². The number of nitrogens with zero attached hydrogens (tertiary/aromatic N) is 2. The standard InChI is InChI=1S/C23H18N4O6S/c1-13(28)24-23-26-19-9-3-14(11-21(19)34-23)25-22(29)18-12-15(27(30)31)4-10-20(18)33-17-7-5-16(32-2)6-8-17/h3-12H,1-2H3,(H,25,29)(H,24,26,28). The van der Waals surface area contributed by atoms with Crippen LogP contribution in [0.3, 0.4) is 0 Å². The molecule has 4 aromatic rings. The molecule has 2 N–H and O–H groups in total. The third-order valence-electron chi connectivity index (χ3n) is 4.64. The van der Waals surface area contributed by atoms with Gasteiger partial charge in [-0.15, -0.1) is 0 Å². The summed E-state index contributed by atoms with van der Waals surface area (Å²) in [5, 5.41) is 17.1. The van der Waals surface area contributed by atoms with Crippen LogP contribution in [0.2, 0.25) is 0 Å². The average Bonchev–Trinajstić information content (AvgIpc) is 3.20. The highest BCUT2D eigenvalue weighted by Crippen LogP contribution is 2.32. The maximum atomic E-state index is 13.1. The second kappa shape index (κ2) is 9.55. The van der Waals surface area contributed by atoms with Crippen LogP contribution in [0.4, 0.5) is 16.5 Å². The molecule has 1 heterocycles. The van der Waals surface area contributed by atoms with Crippen LogP contribution < -0.4 is 20.1 Å². The van der Waals surface area contributed by atoms with Crippen molar-refractivity contribution in [1.29, 1.82) is 0 Å². The van der Waals surface area contributed by atoms with Gasteiger partial charge >= 0.3 is 0 Å². The number of anilines is 2. The van der Waals surface area contributed by atoms with Crippen molar-refractivity contribution in [2.75, 3.05) is 17.7 Å². The lowest BCUT2D eigenvalue weighted by Crippen LogP contribution is -2.13. The highest BCUT2D eigenvalue weighted by molar-refractivity contribution is 7.22. The van der Waals surface area contributed by atoms with Crippen LogP contribution in [0.5, 0.6) is 17.2 Å². The largest absolute Gasteiger partial charge is 0.497 e. The number of benzene rings is 3. The number of rotatable bonds is 7. The third-order valence-corrected chi connectivity index (χ3v) is 5.57. The number of nitrogens with one attached hydrogen (secondary N) is 2. The predicted molar refractivity (Wildman–Crippen MR) is 128 cm³/mol. The Morgan fingerprint density at radius 1 is 1.00 bits per heavy atom. The Hall–Kier alpha value is -4.51. The Morgan fingerprint density at radius 3 is 2.41 bits per heavy atom. The summed E-state index contributed by atoms with van der Waals surface area (Å²) in [7, 11) is 1.54. The predicted octanol–water partition coefficient (Wildman–Crippen LogP) is 5.22. The van der Waals surface area contributed by atoms with Crippen LogP contribution in [0.15, 0.2) is 60.7 Å². The van der Waals surface area contributed by atoms with Crippen molar-refractivity contribution >= 4 is 49.9 Å². The molecule has 0 saturated heterocycles. The Kier molecular flexibility index (Phi) is 6.37. The Labute approximate surface area is 197 Å². The molecule has 34 heavy (non-hydrogen) atoms. The summed E-state index contributed by atoms with van der Waals surface area (Å²) in [6.07, 6.45) is 0. The molecule has 0 bridgehead atoms. The van der Waals surface area contributed by atoms with E-state index in [9.17, 15) is 19.7 Å². The molecule has 4 rings (SSSR count). The number of non-ortho nitro benzene ring substituents is 1. The number of nitro groups is 1. The smallest absolute Gasteiger partial charge is 0.270 e. The molecule has 0 radical (unpaired) electrons. The number of amides is 2. The number of hydrogen-bond donors (Lipinski definition) is 2. The lowest BCUT2D eigenvalue weighted by molar-refractivity contribution is -0.384. The molecule has 3 aromatic carbocycles. The van der Waals surface area contributed by atoms with Crippen LogP contribution in [0.25, 0.3) is 10.2 Å². The van der Waals surface area contributed by atoms with Gasteiger partial charge in [0.15, 0.2) is 5.13 Å². The number of ether oxygens (including phenoxy) is 2. The van der Waals surface area contributed by atoms with Crippen LogP contribution in [-0.4, -0.2) is 28.8 Å². The molecule has 0 aliphatic carbocycles. The first kappa shape index (κ1) is 22.7.